The molecule has 0 atom stereocenters. The highest BCUT2D eigenvalue weighted by molar-refractivity contribution is 5.91. The highest BCUT2D eigenvalue weighted by Crippen LogP contribution is 2.21. The number of aromatic nitrogens is 2. The number of amides is 1. The summed E-state index contributed by atoms with van der Waals surface area (Å²) in [7, 11) is 0. The minimum absolute atomic E-state index is 0.113. The van der Waals surface area contributed by atoms with Crippen LogP contribution in [0.2, 0.25) is 0 Å². The molecular formula is C18H16FN3O2. The van der Waals surface area contributed by atoms with Crippen LogP contribution in [0.15, 0.2) is 52.9 Å². The van der Waals surface area contributed by atoms with Gasteiger partial charge in [-0.3, -0.25) is 4.79 Å². The molecule has 2 aromatic carbocycles. The zero-order valence-corrected chi connectivity index (χ0v) is 13.1. The lowest BCUT2D eigenvalue weighted by Gasteiger charge is -2.06. The number of para-hydroxylation sites is 1. The molecule has 1 heterocycles. The fraction of sp³-hybridized carbons (Fsp3) is 0.167. The molecule has 0 radical (unpaired) electrons. The van der Waals surface area contributed by atoms with E-state index >= 15 is 0 Å². The maximum Gasteiger partial charge on any atom is 0.250 e. The molecule has 0 saturated heterocycles. The smallest absolute Gasteiger partial charge is 0.250 e. The second-order valence-electron chi connectivity index (χ2n) is 5.34. The minimum Gasteiger partial charge on any atom is -0.421 e. The Morgan fingerprint density at radius 3 is 2.67 bits per heavy atom. The van der Waals surface area contributed by atoms with Crippen LogP contribution in [0, 0.1) is 12.7 Å². The third-order valence-corrected chi connectivity index (χ3v) is 3.56. The van der Waals surface area contributed by atoms with Crippen molar-refractivity contribution >= 4 is 11.6 Å². The molecule has 0 aliphatic carbocycles. The third-order valence-electron chi connectivity index (χ3n) is 3.56. The van der Waals surface area contributed by atoms with Crippen LogP contribution in [0.25, 0.3) is 11.5 Å². The average Bonchev–Trinajstić information content (AvgIpc) is 3.04. The Hall–Kier alpha value is -3.02. The van der Waals surface area contributed by atoms with Crippen LogP contribution in [0.3, 0.4) is 0 Å². The molecule has 6 heteroatoms. The van der Waals surface area contributed by atoms with E-state index in [4.69, 9.17) is 4.42 Å². The number of anilines is 1. The van der Waals surface area contributed by atoms with Crippen molar-refractivity contribution in [3.8, 4) is 11.5 Å². The molecule has 3 rings (SSSR count). The maximum atomic E-state index is 13.7. The van der Waals surface area contributed by atoms with E-state index in [0.29, 0.717) is 12.3 Å². The quantitative estimate of drug-likeness (QED) is 0.775. The number of carbonyl (C=O) groups is 1. The molecule has 3 aromatic rings. The van der Waals surface area contributed by atoms with Gasteiger partial charge in [0.05, 0.1) is 5.56 Å². The van der Waals surface area contributed by atoms with Gasteiger partial charge in [-0.25, -0.2) is 4.39 Å². The van der Waals surface area contributed by atoms with Gasteiger partial charge in [0, 0.05) is 18.5 Å². The number of aryl methyl sites for hydroxylation is 2. The van der Waals surface area contributed by atoms with Crippen molar-refractivity contribution in [2.24, 2.45) is 0 Å². The second-order valence-corrected chi connectivity index (χ2v) is 5.34. The summed E-state index contributed by atoms with van der Waals surface area (Å²) in [5.74, 6) is -0.157. The zero-order chi connectivity index (χ0) is 16.9. The summed E-state index contributed by atoms with van der Waals surface area (Å²) in [6.45, 7) is 1.92. The molecule has 0 unspecified atom stereocenters. The van der Waals surface area contributed by atoms with Crippen molar-refractivity contribution in [2.45, 2.75) is 19.8 Å². The normalized spacial score (nSPS) is 10.6. The second kappa shape index (κ2) is 7.04. The van der Waals surface area contributed by atoms with E-state index in [1.54, 1.807) is 18.2 Å². The SMILES string of the molecule is Cc1ccccc1NC(=O)CCc1nnc(-c2ccccc2F)o1. The van der Waals surface area contributed by atoms with E-state index in [9.17, 15) is 9.18 Å². The van der Waals surface area contributed by atoms with Crippen molar-refractivity contribution in [3.05, 3.63) is 65.8 Å². The Labute approximate surface area is 138 Å². The molecule has 1 N–H and O–H groups in total. The van der Waals surface area contributed by atoms with Gasteiger partial charge in [-0.15, -0.1) is 10.2 Å². The lowest BCUT2D eigenvalue weighted by atomic mass is 10.2. The molecule has 0 spiro atoms. The van der Waals surface area contributed by atoms with Gasteiger partial charge >= 0.3 is 0 Å². The van der Waals surface area contributed by atoms with E-state index < -0.39 is 5.82 Å². The first-order valence-electron chi connectivity index (χ1n) is 7.56. The van der Waals surface area contributed by atoms with Crippen molar-refractivity contribution < 1.29 is 13.6 Å². The molecular weight excluding hydrogens is 309 g/mol. The van der Waals surface area contributed by atoms with Gasteiger partial charge in [0.2, 0.25) is 11.8 Å². The number of hydrogen-bond acceptors (Lipinski definition) is 4. The minimum atomic E-state index is -0.426. The van der Waals surface area contributed by atoms with Crippen LogP contribution in [-0.4, -0.2) is 16.1 Å². The largest absolute Gasteiger partial charge is 0.421 e. The van der Waals surface area contributed by atoms with Crippen LogP contribution in [0.1, 0.15) is 17.9 Å². The molecule has 0 fully saturated rings. The first-order valence-corrected chi connectivity index (χ1v) is 7.56. The predicted molar refractivity (Wildman–Crippen MR) is 87.8 cm³/mol. The molecule has 1 amide bonds. The summed E-state index contributed by atoms with van der Waals surface area (Å²) >= 11 is 0. The monoisotopic (exact) mass is 325 g/mol. The molecule has 0 aliphatic heterocycles. The van der Waals surface area contributed by atoms with Gasteiger partial charge in [0.15, 0.2) is 0 Å². The number of nitrogens with one attached hydrogen (secondary N) is 1. The first kappa shape index (κ1) is 15.9. The molecule has 0 saturated carbocycles. The summed E-state index contributed by atoms with van der Waals surface area (Å²) in [5.41, 5.74) is 2.02. The van der Waals surface area contributed by atoms with Gasteiger partial charge in [-0.05, 0) is 30.7 Å². The fourth-order valence-corrected chi connectivity index (χ4v) is 2.24. The highest BCUT2D eigenvalue weighted by Gasteiger charge is 2.13. The maximum absolute atomic E-state index is 13.7. The predicted octanol–water partition coefficient (Wildman–Crippen LogP) is 3.76. The Kier molecular flexibility index (Phi) is 4.65. The summed E-state index contributed by atoms with van der Waals surface area (Å²) in [6.07, 6.45) is 0.492. The van der Waals surface area contributed by atoms with Crippen LogP contribution < -0.4 is 5.32 Å². The molecule has 0 aliphatic rings. The zero-order valence-electron chi connectivity index (χ0n) is 13.1. The van der Waals surface area contributed by atoms with Gasteiger partial charge in [0.1, 0.15) is 5.82 Å². The Bertz CT molecular complexity index is 861. The molecule has 24 heavy (non-hydrogen) atoms. The van der Waals surface area contributed by atoms with Crippen LogP contribution >= 0.6 is 0 Å². The first-order chi connectivity index (χ1) is 11.6. The summed E-state index contributed by atoms with van der Waals surface area (Å²) in [5, 5.41) is 10.5. The van der Waals surface area contributed by atoms with Gasteiger partial charge < -0.3 is 9.73 Å². The van der Waals surface area contributed by atoms with Crippen LogP contribution in [-0.2, 0) is 11.2 Å². The molecule has 5 nitrogen and oxygen atoms in total. The topological polar surface area (TPSA) is 68.0 Å². The Morgan fingerprint density at radius 1 is 1.12 bits per heavy atom. The third kappa shape index (κ3) is 3.65. The number of halogens is 1. The summed E-state index contributed by atoms with van der Waals surface area (Å²) in [6, 6.07) is 13.7. The lowest BCUT2D eigenvalue weighted by molar-refractivity contribution is -0.116. The fourth-order valence-electron chi connectivity index (χ4n) is 2.24. The molecule has 1 aromatic heterocycles. The van der Waals surface area contributed by atoms with E-state index in [-0.39, 0.29) is 23.8 Å². The number of nitrogens with zero attached hydrogens (tertiary/aromatic N) is 2. The van der Waals surface area contributed by atoms with Crippen molar-refractivity contribution in [2.75, 3.05) is 5.32 Å². The van der Waals surface area contributed by atoms with Crippen molar-refractivity contribution in [3.63, 3.8) is 0 Å². The number of hydrogen-bond donors (Lipinski definition) is 1. The lowest BCUT2D eigenvalue weighted by Crippen LogP contribution is -2.13. The van der Waals surface area contributed by atoms with Crippen molar-refractivity contribution in [1.82, 2.24) is 10.2 Å². The standard InChI is InChI=1S/C18H16FN3O2/c1-12-6-2-5-9-15(12)20-16(23)10-11-17-21-22-18(24-17)13-7-3-4-8-14(13)19/h2-9H,10-11H2,1H3,(H,20,23). The van der Waals surface area contributed by atoms with Crippen LogP contribution in [0.4, 0.5) is 10.1 Å². The van der Waals surface area contributed by atoms with E-state index in [1.165, 1.54) is 6.07 Å². The van der Waals surface area contributed by atoms with Crippen molar-refractivity contribution in [1.29, 1.82) is 0 Å². The summed E-state index contributed by atoms with van der Waals surface area (Å²) < 4.78 is 19.1. The molecule has 0 bridgehead atoms. The van der Waals surface area contributed by atoms with E-state index in [1.807, 2.05) is 31.2 Å². The van der Waals surface area contributed by atoms with E-state index in [0.717, 1.165) is 11.3 Å². The van der Waals surface area contributed by atoms with Crippen LogP contribution in [0.5, 0.6) is 0 Å². The molecule has 122 valence electrons. The van der Waals surface area contributed by atoms with Gasteiger partial charge in [-0.1, -0.05) is 30.3 Å². The van der Waals surface area contributed by atoms with E-state index in [2.05, 4.69) is 15.5 Å². The van der Waals surface area contributed by atoms with Gasteiger partial charge in [-0.2, -0.15) is 0 Å². The Morgan fingerprint density at radius 2 is 1.88 bits per heavy atom. The number of carbonyl (C=O) groups excluding carboxylic acids is 1. The highest BCUT2D eigenvalue weighted by atomic mass is 19.1. The Balaban J connectivity index is 1.61. The van der Waals surface area contributed by atoms with Gasteiger partial charge in [0.25, 0.3) is 5.89 Å². The number of rotatable bonds is 5. The number of benzene rings is 2. The summed E-state index contributed by atoms with van der Waals surface area (Å²) in [4.78, 5) is 12.0. The average molecular weight is 325 g/mol.